The molecule has 0 radical (unpaired) electrons. The van der Waals surface area contributed by atoms with Crippen molar-refractivity contribution in [1.82, 2.24) is 0 Å². The van der Waals surface area contributed by atoms with Crippen LogP contribution in [0.25, 0.3) is 0 Å². The molecule has 0 aromatic rings. The molecule has 26 heavy (non-hydrogen) atoms. The van der Waals surface area contributed by atoms with Crippen molar-refractivity contribution < 1.29 is 0 Å². The minimum Gasteiger partial charge on any atom is -0.0651 e. The van der Waals surface area contributed by atoms with E-state index in [0.717, 1.165) is 29.6 Å². The van der Waals surface area contributed by atoms with E-state index < -0.39 is 0 Å². The predicted octanol–water partition coefficient (Wildman–Crippen LogP) is 9.67. The zero-order valence-corrected chi connectivity index (χ0v) is 19.8. The molecule has 0 saturated carbocycles. The molecule has 4 atom stereocenters. The summed E-state index contributed by atoms with van der Waals surface area (Å²) in [6.45, 7) is 16.8. The van der Waals surface area contributed by atoms with Crippen LogP contribution in [0.3, 0.4) is 0 Å². The van der Waals surface area contributed by atoms with E-state index in [9.17, 15) is 0 Å². The molecule has 0 bridgehead atoms. The van der Waals surface area contributed by atoms with Crippen LogP contribution in [0.15, 0.2) is 0 Å². The lowest BCUT2D eigenvalue weighted by atomic mass is 9.90. The summed E-state index contributed by atoms with van der Waals surface area (Å²) in [5, 5.41) is 0. The Morgan fingerprint density at radius 2 is 0.692 bits per heavy atom. The molecule has 0 aromatic heterocycles. The predicted molar refractivity (Wildman–Crippen MR) is 122 cm³/mol. The topological polar surface area (TPSA) is 0 Å². The molecule has 0 aromatic carbocycles. The van der Waals surface area contributed by atoms with E-state index in [1.807, 2.05) is 0 Å². The first kappa shape index (κ1) is 26.0. The summed E-state index contributed by atoms with van der Waals surface area (Å²) < 4.78 is 0. The van der Waals surface area contributed by atoms with Gasteiger partial charge in [0.25, 0.3) is 0 Å². The Morgan fingerprint density at radius 3 is 1.04 bits per heavy atom. The van der Waals surface area contributed by atoms with E-state index in [-0.39, 0.29) is 0 Å². The molecular formula is C26H54. The maximum atomic E-state index is 2.49. The van der Waals surface area contributed by atoms with Gasteiger partial charge >= 0.3 is 0 Å². The average molecular weight is 367 g/mol. The first-order chi connectivity index (χ1) is 12.3. The van der Waals surface area contributed by atoms with Gasteiger partial charge in [0.1, 0.15) is 0 Å². The van der Waals surface area contributed by atoms with Crippen LogP contribution >= 0.6 is 0 Å². The van der Waals surface area contributed by atoms with Gasteiger partial charge in [0.2, 0.25) is 0 Å². The second-order valence-electron chi connectivity index (χ2n) is 10.3. The molecule has 0 amide bonds. The molecule has 0 aliphatic rings. The largest absolute Gasteiger partial charge is 0.0651 e. The van der Waals surface area contributed by atoms with E-state index in [2.05, 4.69) is 48.5 Å². The highest BCUT2D eigenvalue weighted by Crippen LogP contribution is 2.23. The van der Waals surface area contributed by atoms with Crippen molar-refractivity contribution in [2.75, 3.05) is 0 Å². The third kappa shape index (κ3) is 17.4. The minimum absolute atomic E-state index is 0.879. The van der Waals surface area contributed by atoms with Gasteiger partial charge in [-0.1, -0.05) is 138 Å². The first-order valence-corrected chi connectivity index (χ1v) is 12.3. The molecule has 0 saturated heterocycles. The van der Waals surface area contributed by atoms with Crippen molar-refractivity contribution in [3.8, 4) is 0 Å². The minimum atomic E-state index is 0.879. The third-order valence-corrected chi connectivity index (χ3v) is 6.61. The molecule has 0 heterocycles. The second-order valence-corrected chi connectivity index (χ2v) is 10.3. The van der Waals surface area contributed by atoms with E-state index in [4.69, 9.17) is 0 Å². The number of rotatable bonds is 18. The molecule has 0 fully saturated rings. The van der Waals surface area contributed by atoms with Crippen LogP contribution in [0.4, 0.5) is 0 Å². The van der Waals surface area contributed by atoms with Crippen molar-refractivity contribution in [2.45, 2.75) is 138 Å². The van der Waals surface area contributed by atoms with Crippen molar-refractivity contribution in [3.05, 3.63) is 0 Å². The molecule has 4 unspecified atom stereocenters. The molecule has 0 aliphatic carbocycles. The van der Waals surface area contributed by atoms with Crippen LogP contribution in [-0.2, 0) is 0 Å². The van der Waals surface area contributed by atoms with Crippen molar-refractivity contribution in [3.63, 3.8) is 0 Å². The number of hydrogen-bond acceptors (Lipinski definition) is 0. The van der Waals surface area contributed by atoms with Gasteiger partial charge in [0.15, 0.2) is 0 Å². The molecule has 0 N–H and O–H groups in total. The molecule has 0 rings (SSSR count). The van der Waals surface area contributed by atoms with Gasteiger partial charge in [-0.05, 0) is 29.6 Å². The summed E-state index contributed by atoms with van der Waals surface area (Å²) in [6, 6.07) is 0. The van der Waals surface area contributed by atoms with E-state index >= 15 is 0 Å². The standard InChI is InChI=1S/C26H54/c1-8-23(4)17-12-19-24(5)15-9-10-16-25(6)20-13-21-26(7)18-11-14-22(2)3/h22-26H,8-21H2,1-7H3. The maximum Gasteiger partial charge on any atom is -0.0443 e. The van der Waals surface area contributed by atoms with Crippen LogP contribution in [0.1, 0.15) is 138 Å². The highest BCUT2D eigenvalue weighted by atomic mass is 14.1. The lowest BCUT2D eigenvalue weighted by molar-refractivity contribution is 0.373. The van der Waals surface area contributed by atoms with Crippen LogP contribution in [0, 0.1) is 29.6 Å². The molecule has 0 nitrogen and oxygen atoms in total. The number of unbranched alkanes of at least 4 members (excludes halogenated alkanes) is 1. The Morgan fingerprint density at radius 1 is 0.385 bits per heavy atom. The lowest BCUT2D eigenvalue weighted by Crippen LogP contribution is -2.01. The number of hydrogen-bond donors (Lipinski definition) is 0. The Labute approximate surface area is 168 Å². The fourth-order valence-corrected chi connectivity index (χ4v) is 4.13. The molecule has 0 heteroatoms. The zero-order chi connectivity index (χ0) is 19.8. The first-order valence-electron chi connectivity index (χ1n) is 12.3. The highest BCUT2D eigenvalue weighted by molar-refractivity contribution is 4.61. The highest BCUT2D eigenvalue weighted by Gasteiger charge is 2.08. The third-order valence-electron chi connectivity index (χ3n) is 6.61. The quantitative estimate of drug-likeness (QED) is 0.212. The second kappa shape index (κ2) is 17.1. The van der Waals surface area contributed by atoms with Crippen LogP contribution in [0.2, 0.25) is 0 Å². The van der Waals surface area contributed by atoms with Crippen LogP contribution in [0.5, 0.6) is 0 Å². The van der Waals surface area contributed by atoms with Gasteiger partial charge < -0.3 is 0 Å². The Bertz CT molecular complexity index is 280. The average Bonchev–Trinajstić information content (AvgIpc) is 2.58. The Kier molecular flexibility index (Phi) is 17.1. The van der Waals surface area contributed by atoms with E-state index in [0.29, 0.717) is 0 Å². The molecule has 0 aliphatic heterocycles. The zero-order valence-electron chi connectivity index (χ0n) is 19.8. The van der Waals surface area contributed by atoms with Crippen LogP contribution in [-0.4, -0.2) is 0 Å². The fourth-order valence-electron chi connectivity index (χ4n) is 4.13. The Balaban J connectivity index is 3.49. The summed E-state index contributed by atoms with van der Waals surface area (Å²) in [6.07, 6.45) is 20.2. The summed E-state index contributed by atoms with van der Waals surface area (Å²) in [5.74, 6) is 4.64. The van der Waals surface area contributed by atoms with Gasteiger partial charge in [0, 0.05) is 0 Å². The monoisotopic (exact) mass is 366 g/mol. The van der Waals surface area contributed by atoms with Crippen molar-refractivity contribution in [2.24, 2.45) is 29.6 Å². The van der Waals surface area contributed by atoms with Crippen molar-refractivity contribution in [1.29, 1.82) is 0 Å². The summed E-state index contributed by atoms with van der Waals surface area (Å²) in [5.41, 5.74) is 0. The lowest BCUT2D eigenvalue weighted by Gasteiger charge is -2.16. The molecule has 158 valence electrons. The van der Waals surface area contributed by atoms with Gasteiger partial charge in [-0.3, -0.25) is 0 Å². The van der Waals surface area contributed by atoms with E-state index in [1.54, 1.807) is 0 Å². The van der Waals surface area contributed by atoms with Gasteiger partial charge in [-0.15, -0.1) is 0 Å². The smallest absolute Gasteiger partial charge is 0.0443 e. The molecule has 0 spiro atoms. The van der Waals surface area contributed by atoms with Crippen LogP contribution < -0.4 is 0 Å². The SMILES string of the molecule is CCC(C)CCCC(C)CCCCC(C)CCCC(C)CCCC(C)C. The van der Waals surface area contributed by atoms with Crippen molar-refractivity contribution >= 4 is 0 Å². The summed E-state index contributed by atoms with van der Waals surface area (Å²) in [7, 11) is 0. The van der Waals surface area contributed by atoms with Gasteiger partial charge in [0.05, 0.1) is 0 Å². The normalized spacial score (nSPS) is 16.6. The Hall–Kier alpha value is 0. The maximum absolute atomic E-state index is 2.49. The summed E-state index contributed by atoms with van der Waals surface area (Å²) in [4.78, 5) is 0. The fraction of sp³-hybridized carbons (Fsp3) is 1.00. The summed E-state index contributed by atoms with van der Waals surface area (Å²) >= 11 is 0. The van der Waals surface area contributed by atoms with Gasteiger partial charge in [-0.2, -0.15) is 0 Å². The van der Waals surface area contributed by atoms with E-state index in [1.165, 1.54) is 89.9 Å². The van der Waals surface area contributed by atoms with Gasteiger partial charge in [-0.25, -0.2) is 0 Å². The molecular weight excluding hydrogens is 312 g/mol.